The molecule has 0 saturated carbocycles. The molecule has 9 heteroatoms. The number of hydrogen-bond donors (Lipinski definition) is 0. The summed E-state index contributed by atoms with van der Waals surface area (Å²) in [5, 5.41) is 3.77. The summed E-state index contributed by atoms with van der Waals surface area (Å²) in [7, 11) is 1.49. The van der Waals surface area contributed by atoms with Crippen LogP contribution in [0.5, 0.6) is 5.75 Å². The van der Waals surface area contributed by atoms with E-state index in [0.717, 1.165) is 12.1 Å². The standard InChI is InChI=1S/C18H13F3N2O4/c1-25-14-9-5-3-7-12(14)16-22-15(27-23-16)10-26-17(24)11-6-2-4-8-13(11)18(19,20)21/h2-9H,10H2,1H3. The van der Waals surface area contributed by atoms with Crippen molar-refractivity contribution in [2.45, 2.75) is 12.8 Å². The number of benzene rings is 2. The molecule has 0 spiro atoms. The van der Waals surface area contributed by atoms with Crippen molar-refractivity contribution >= 4 is 5.97 Å². The minimum Gasteiger partial charge on any atom is -0.496 e. The van der Waals surface area contributed by atoms with Crippen LogP contribution in [0.4, 0.5) is 13.2 Å². The average molecular weight is 378 g/mol. The molecular formula is C18H13F3N2O4. The lowest BCUT2D eigenvalue weighted by Crippen LogP contribution is -2.15. The summed E-state index contributed by atoms with van der Waals surface area (Å²) in [6.07, 6.45) is -4.67. The normalized spacial score (nSPS) is 11.3. The molecule has 1 aromatic heterocycles. The van der Waals surface area contributed by atoms with Crippen molar-refractivity contribution in [3.8, 4) is 17.1 Å². The molecule has 0 amide bonds. The molecule has 0 unspecified atom stereocenters. The van der Waals surface area contributed by atoms with Crippen LogP contribution in [0.25, 0.3) is 11.4 Å². The summed E-state index contributed by atoms with van der Waals surface area (Å²) in [4.78, 5) is 16.1. The SMILES string of the molecule is COc1ccccc1-c1noc(COC(=O)c2ccccc2C(F)(F)F)n1. The maximum Gasteiger partial charge on any atom is 0.417 e. The topological polar surface area (TPSA) is 74.5 Å². The molecule has 0 aliphatic rings. The van der Waals surface area contributed by atoms with Gasteiger partial charge in [0.2, 0.25) is 5.82 Å². The maximum absolute atomic E-state index is 13.0. The van der Waals surface area contributed by atoms with Crippen LogP contribution in [0.3, 0.4) is 0 Å². The number of rotatable bonds is 5. The predicted octanol–water partition coefficient (Wildman–Crippen LogP) is 4.12. The lowest BCUT2D eigenvalue weighted by molar-refractivity contribution is -0.138. The van der Waals surface area contributed by atoms with E-state index in [9.17, 15) is 18.0 Å². The van der Waals surface area contributed by atoms with Gasteiger partial charge < -0.3 is 14.0 Å². The van der Waals surface area contributed by atoms with Gasteiger partial charge in [0.25, 0.3) is 5.89 Å². The Morgan fingerprint density at radius 3 is 2.56 bits per heavy atom. The Labute approximate surface area is 151 Å². The van der Waals surface area contributed by atoms with E-state index >= 15 is 0 Å². The van der Waals surface area contributed by atoms with E-state index in [-0.39, 0.29) is 11.7 Å². The van der Waals surface area contributed by atoms with E-state index in [2.05, 4.69) is 10.1 Å². The van der Waals surface area contributed by atoms with Crippen molar-refractivity contribution < 1.29 is 32.0 Å². The van der Waals surface area contributed by atoms with Crippen LogP contribution in [0.1, 0.15) is 21.8 Å². The van der Waals surface area contributed by atoms with Crippen LogP contribution >= 0.6 is 0 Å². The first-order valence-corrected chi connectivity index (χ1v) is 7.69. The summed E-state index contributed by atoms with van der Waals surface area (Å²) in [5.74, 6) is -0.483. The number of nitrogens with zero attached hydrogens (tertiary/aromatic N) is 2. The summed E-state index contributed by atoms with van der Waals surface area (Å²) < 4.78 is 54.0. The maximum atomic E-state index is 13.0. The van der Waals surface area contributed by atoms with Crippen molar-refractivity contribution in [1.82, 2.24) is 10.1 Å². The first-order valence-electron chi connectivity index (χ1n) is 7.69. The van der Waals surface area contributed by atoms with Gasteiger partial charge in [-0.15, -0.1) is 0 Å². The van der Waals surface area contributed by atoms with E-state index in [4.69, 9.17) is 14.0 Å². The predicted molar refractivity (Wildman–Crippen MR) is 86.8 cm³/mol. The fraction of sp³-hybridized carbons (Fsp3) is 0.167. The highest BCUT2D eigenvalue weighted by Gasteiger charge is 2.35. The van der Waals surface area contributed by atoms with E-state index in [0.29, 0.717) is 11.3 Å². The minimum absolute atomic E-state index is 0.0613. The monoisotopic (exact) mass is 378 g/mol. The highest BCUT2D eigenvalue weighted by Crippen LogP contribution is 2.32. The van der Waals surface area contributed by atoms with Crippen LogP contribution in [-0.2, 0) is 17.5 Å². The Bertz CT molecular complexity index is 954. The van der Waals surface area contributed by atoms with E-state index in [1.807, 2.05) is 0 Å². The van der Waals surface area contributed by atoms with Gasteiger partial charge in [0, 0.05) is 0 Å². The molecule has 0 bridgehead atoms. The van der Waals surface area contributed by atoms with E-state index in [1.54, 1.807) is 24.3 Å². The van der Waals surface area contributed by atoms with Gasteiger partial charge in [-0.1, -0.05) is 29.4 Å². The highest BCUT2D eigenvalue weighted by molar-refractivity contribution is 5.91. The van der Waals surface area contributed by atoms with Gasteiger partial charge in [0.15, 0.2) is 6.61 Å². The quantitative estimate of drug-likeness (QED) is 0.622. The van der Waals surface area contributed by atoms with Crippen molar-refractivity contribution in [2.75, 3.05) is 7.11 Å². The van der Waals surface area contributed by atoms with Crippen molar-refractivity contribution in [1.29, 1.82) is 0 Å². The summed E-state index contributed by atoms with van der Waals surface area (Å²) in [6.45, 7) is -0.465. The third kappa shape index (κ3) is 4.08. The number of aromatic nitrogens is 2. The average Bonchev–Trinajstić information content (AvgIpc) is 3.14. The number of methoxy groups -OCH3 is 1. The first-order chi connectivity index (χ1) is 12.9. The lowest BCUT2D eigenvalue weighted by atomic mass is 10.1. The molecule has 0 aliphatic heterocycles. The Balaban J connectivity index is 1.74. The molecule has 0 aliphatic carbocycles. The third-order valence-electron chi connectivity index (χ3n) is 3.60. The number of alkyl halides is 3. The summed E-state index contributed by atoms with van der Waals surface area (Å²) in [5.41, 5.74) is -1.10. The molecule has 0 fully saturated rings. The number of halogens is 3. The first kappa shape index (κ1) is 18.4. The van der Waals surface area contributed by atoms with Gasteiger partial charge in [-0.05, 0) is 24.3 Å². The lowest BCUT2D eigenvalue weighted by Gasteiger charge is -2.11. The van der Waals surface area contributed by atoms with Crippen molar-refractivity contribution in [2.24, 2.45) is 0 Å². The number of carbonyl (C=O) groups excluding carboxylic acids is 1. The number of hydrogen-bond acceptors (Lipinski definition) is 6. The molecular weight excluding hydrogens is 365 g/mol. The largest absolute Gasteiger partial charge is 0.496 e. The summed E-state index contributed by atoms with van der Waals surface area (Å²) in [6, 6.07) is 11.3. The molecule has 140 valence electrons. The van der Waals surface area contributed by atoms with Crippen molar-refractivity contribution in [3.05, 3.63) is 65.5 Å². The van der Waals surface area contributed by atoms with Crippen LogP contribution < -0.4 is 4.74 Å². The van der Waals surface area contributed by atoms with E-state index < -0.39 is 29.9 Å². The fourth-order valence-electron chi connectivity index (χ4n) is 2.37. The zero-order valence-electron chi connectivity index (χ0n) is 14.0. The number of carbonyl (C=O) groups is 1. The second kappa shape index (κ2) is 7.48. The van der Waals surface area contributed by atoms with Gasteiger partial charge >= 0.3 is 12.1 Å². The Morgan fingerprint density at radius 2 is 1.81 bits per heavy atom. The second-order valence-electron chi connectivity index (χ2n) is 5.33. The molecule has 3 aromatic rings. The van der Waals surface area contributed by atoms with Gasteiger partial charge in [0.05, 0.1) is 23.8 Å². The molecule has 1 heterocycles. The smallest absolute Gasteiger partial charge is 0.417 e. The number of para-hydroxylation sites is 1. The van der Waals surface area contributed by atoms with Gasteiger partial charge in [-0.3, -0.25) is 0 Å². The van der Waals surface area contributed by atoms with E-state index in [1.165, 1.54) is 19.2 Å². The fourth-order valence-corrected chi connectivity index (χ4v) is 2.37. The van der Waals surface area contributed by atoms with Crippen LogP contribution in [0.2, 0.25) is 0 Å². The number of ether oxygens (including phenoxy) is 2. The Kier molecular flexibility index (Phi) is 5.11. The molecule has 0 atom stereocenters. The Hall–Kier alpha value is -3.36. The van der Waals surface area contributed by atoms with Gasteiger partial charge in [-0.2, -0.15) is 18.2 Å². The van der Waals surface area contributed by atoms with Crippen LogP contribution in [0.15, 0.2) is 53.1 Å². The van der Waals surface area contributed by atoms with Gasteiger partial charge in [0.1, 0.15) is 5.75 Å². The number of esters is 1. The molecule has 2 aromatic carbocycles. The Morgan fingerprint density at radius 1 is 1.11 bits per heavy atom. The molecule has 0 radical (unpaired) electrons. The summed E-state index contributed by atoms with van der Waals surface area (Å²) >= 11 is 0. The van der Waals surface area contributed by atoms with Crippen LogP contribution in [-0.4, -0.2) is 23.2 Å². The molecule has 27 heavy (non-hydrogen) atoms. The second-order valence-corrected chi connectivity index (χ2v) is 5.33. The van der Waals surface area contributed by atoms with Crippen LogP contribution in [0, 0.1) is 0 Å². The molecule has 0 N–H and O–H groups in total. The van der Waals surface area contributed by atoms with Gasteiger partial charge in [-0.25, -0.2) is 4.79 Å². The highest BCUT2D eigenvalue weighted by atomic mass is 19.4. The minimum atomic E-state index is -4.67. The molecule has 0 saturated heterocycles. The van der Waals surface area contributed by atoms with Crippen molar-refractivity contribution in [3.63, 3.8) is 0 Å². The zero-order valence-corrected chi connectivity index (χ0v) is 14.0. The zero-order chi connectivity index (χ0) is 19.4. The molecule has 6 nitrogen and oxygen atoms in total. The molecule has 3 rings (SSSR count). The third-order valence-corrected chi connectivity index (χ3v) is 3.60.